The van der Waals surface area contributed by atoms with Gasteiger partial charge in [0.25, 0.3) is 0 Å². The van der Waals surface area contributed by atoms with Gasteiger partial charge in [-0.3, -0.25) is 14.4 Å². The van der Waals surface area contributed by atoms with Gasteiger partial charge >= 0.3 is 6.09 Å². The van der Waals surface area contributed by atoms with Crippen LogP contribution in [0.15, 0.2) is 91.0 Å². The van der Waals surface area contributed by atoms with Gasteiger partial charge in [0.1, 0.15) is 29.8 Å². The van der Waals surface area contributed by atoms with Crippen LogP contribution in [-0.4, -0.2) is 86.9 Å². The molecule has 4 atom stereocenters. The molecule has 0 bridgehead atoms. The Kier molecular flexibility index (Phi) is 14.5. The van der Waals surface area contributed by atoms with Crippen molar-refractivity contribution in [2.45, 2.75) is 72.1 Å². The van der Waals surface area contributed by atoms with Crippen LogP contribution in [0.2, 0.25) is 0 Å². The molecule has 1 aliphatic carbocycles. The van der Waals surface area contributed by atoms with E-state index in [0.717, 1.165) is 74.0 Å². The Balaban J connectivity index is 1.05. The molecule has 2 heterocycles. The number of ether oxygens (including phenoxy) is 2. The number of carbonyl (C=O) groups excluding carboxylic acids is 4. The number of rotatable bonds is 16. The van der Waals surface area contributed by atoms with Crippen LogP contribution in [0.5, 0.6) is 0 Å². The Hall–Kier alpha value is -7.84. The molecule has 69 heavy (non-hydrogen) atoms. The van der Waals surface area contributed by atoms with Crippen LogP contribution in [-0.2, 0) is 36.9 Å². The van der Waals surface area contributed by atoms with E-state index < -0.39 is 18.2 Å². The number of nitrogens with zero attached hydrogens (tertiary/aromatic N) is 4. The number of benzene rings is 5. The van der Waals surface area contributed by atoms with E-state index in [1.165, 1.54) is 14.2 Å². The van der Waals surface area contributed by atoms with Crippen molar-refractivity contribution in [1.82, 2.24) is 40.4 Å². The Bertz CT molecular complexity index is 3140. The molecule has 4 N–H and O–H groups in total. The van der Waals surface area contributed by atoms with Crippen LogP contribution in [0.4, 0.5) is 4.79 Å². The van der Waals surface area contributed by atoms with E-state index in [-0.39, 0.29) is 61.0 Å². The van der Waals surface area contributed by atoms with Gasteiger partial charge in [0.15, 0.2) is 0 Å². The average molecular weight is 927 g/mol. The number of amides is 4. The van der Waals surface area contributed by atoms with E-state index in [1.54, 1.807) is 9.80 Å². The van der Waals surface area contributed by atoms with Crippen LogP contribution in [0.1, 0.15) is 70.2 Å². The molecule has 0 aliphatic heterocycles. The quantitative estimate of drug-likeness (QED) is 0.0697. The molecule has 2 aromatic heterocycles. The average Bonchev–Trinajstić information content (AvgIpc) is 3.96. The van der Waals surface area contributed by atoms with Crippen molar-refractivity contribution in [3.8, 4) is 35.5 Å². The highest BCUT2D eigenvalue weighted by molar-refractivity contribution is 6.07. The van der Waals surface area contributed by atoms with Crippen LogP contribution in [0, 0.1) is 48.0 Å². The maximum atomic E-state index is 14.6. The van der Waals surface area contributed by atoms with Gasteiger partial charge in [-0.25, -0.2) is 14.8 Å². The second kappa shape index (κ2) is 21.0. The third-order valence-electron chi connectivity index (χ3n) is 12.9. The predicted molar refractivity (Wildman–Crippen MR) is 268 cm³/mol. The number of imidazole rings is 2. The Morgan fingerprint density at radius 2 is 1.30 bits per heavy atom. The summed E-state index contributed by atoms with van der Waals surface area (Å²) in [4.78, 5) is 74.1. The molecule has 1 saturated carbocycles. The first-order chi connectivity index (χ1) is 33.3. The van der Waals surface area contributed by atoms with Crippen molar-refractivity contribution in [1.29, 1.82) is 0 Å². The van der Waals surface area contributed by atoms with Crippen LogP contribution < -0.4 is 10.6 Å². The molecule has 354 valence electrons. The number of terminal acetylenes is 1. The van der Waals surface area contributed by atoms with E-state index in [0.29, 0.717) is 23.8 Å². The Morgan fingerprint density at radius 1 is 0.739 bits per heavy atom. The third kappa shape index (κ3) is 10.7. The highest BCUT2D eigenvalue weighted by Gasteiger charge is 2.34. The van der Waals surface area contributed by atoms with Gasteiger partial charge < -0.3 is 39.9 Å². The van der Waals surface area contributed by atoms with Crippen molar-refractivity contribution >= 4 is 67.4 Å². The van der Waals surface area contributed by atoms with Gasteiger partial charge in [-0.15, -0.1) is 12.3 Å². The van der Waals surface area contributed by atoms with Crippen molar-refractivity contribution < 1.29 is 28.7 Å². The summed E-state index contributed by atoms with van der Waals surface area (Å²) in [6.45, 7) is 8.45. The molecule has 4 amide bonds. The van der Waals surface area contributed by atoms with Gasteiger partial charge in [0.05, 0.1) is 49.4 Å². The predicted octanol–water partition coefficient (Wildman–Crippen LogP) is 8.62. The SMILES string of the molecule is C#C[C@@H](C)CN(Cc1nc2ccc3cc(-c4ccc5c(ccc6nc(CN(CC(C)C#COC)C(=O)[C@H](NC(=O)C7CCC7)c7ccccc7)[nH]c65)c4)ccc3c2[nH]1)C(=O)[C@@H](NC(=O)OC)C(C)C. The molecule has 7 aromatic rings. The lowest BCUT2D eigenvalue weighted by atomic mass is 9.84. The summed E-state index contributed by atoms with van der Waals surface area (Å²) < 4.78 is 9.82. The number of H-pyrrole nitrogens is 2. The highest BCUT2D eigenvalue weighted by Crippen LogP contribution is 2.33. The van der Waals surface area contributed by atoms with Gasteiger partial charge in [0.2, 0.25) is 17.7 Å². The summed E-state index contributed by atoms with van der Waals surface area (Å²) in [5.74, 6) is 5.62. The molecule has 1 aliphatic rings. The normalized spacial score (nSPS) is 14.2. The largest absolute Gasteiger partial charge is 0.453 e. The summed E-state index contributed by atoms with van der Waals surface area (Å²) in [5.41, 5.74) is 6.02. The molecule has 1 fully saturated rings. The van der Waals surface area contributed by atoms with E-state index in [4.69, 9.17) is 25.9 Å². The van der Waals surface area contributed by atoms with Crippen LogP contribution in [0.3, 0.4) is 0 Å². The first-order valence-corrected chi connectivity index (χ1v) is 23.4. The Morgan fingerprint density at radius 3 is 1.81 bits per heavy atom. The number of carbonyl (C=O) groups is 4. The number of aromatic amines is 2. The number of methoxy groups -OCH3 is 2. The second-order valence-corrected chi connectivity index (χ2v) is 18.4. The third-order valence-corrected chi connectivity index (χ3v) is 12.9. The zero-order valence-electron chi connectivity index (χ0n) is 39.9. The molecule has 8 rings (SSSR count). The fourth-order valence-corrected chi connectivity index (χ4v) is 8.92. The highest BCUT2D eigenvalue weighted by atomic mass is 16.5. The monoisotopic (exact) mass is 926 g/mol. The lowest BCUT2D eigenvalue weighted by Gasteiger charge is -2.31. The van der Waals surface area contributed by atoms with Crippen LogP contribution in [0.25, 0.3) is 54.7 Å². The molecule has 0 radical (unpaired) electrons. The molecular weight excluding hydrogens is 869 g/mol. The number of aromatic nitrogens is 4. The van der Waals surface area contributed by atoms with Crippen molar-refractivity contribution in [3.63, 3.8) is 0 Å². The summed E-state index contributed by atoms with van der Waals surface area (Å²) in [7, 11) is 2.77. The van der Waals surface area contributed by atoms with E-state index >= 15 is 0 Å². The van der Waals surface area contributed by atoms with Crippen molar-refractivity contribution in [2.24, 2.45) is 23.7 Å². The maximum absolute atomic E-state index is 14.6. The van der Waals surface area contributed by atoms with Crippen molar-refractivity contribution in [3.05, 3.63) is 108 Å². The number of fused-ring (bicyclic) bond motifs is 6. The van der Waals surface area contributed by atoms with Gasteiger partial charge in [-0.05, 0) is 84.3 Å². The van der Waals surface area contributed by atoms with Crippen molar-refractivity contribution in [2.75, 3.05) is 27.3 Å². The topological polar surface area (TPSA) is 175 Å². The van der Waals surface area contributed by atoms with E-state index in [1.807, 2.05) is 76.2 Å². The van der Waals surface area contributed by atoms with E-state index in [9.17, 15) is 19.2 Å². The summed E-state index contributed by atoms with van der Waals surface area (Å²) in [5, 5.41) is 9.75. The molecule has 14 nitrogen and oxygen atoms in total. The Labute approximate surface area is 401 Å². The maximum Gasteiger partial charge on any atom is 0.407 e. The smallest absolute Gasteiger partial charge is 0.407 e. The zero-order valence-corrected chi connectivity index (χ0v) is 39.9. The first kappa shape index (κ1) is 47.6. The minimum absolute atomic E-state index is 0.0853. The lowest BCUT2D eigenvalue weighted by molar-refractivity contribution is -0.139. The van der Waals surface area contributed by atoms with Gasteiger partial charge in [0, 0.05) is 41.6 Å². The van der Waals surface area contributed by atoms with E-state index in [2.05, 4.69) is 81.0 Å². The zero-order chi connectivity index (χ0) is 48.8. The minimum Gasteiger partial charge on any atom is -0.453 e. The first-order valence-electron chi connectivity index (χ1n) is 23.4. The standard InChI is InChI=1S/C55H58N8O6/c1-8-34(4)29-62(53(65)48(33(2)3)61-55(67)69-7)31-46-56-44-23-19-40-27-38(17-21-42(40)50(44)58-46)39-18-22-43-41(28-39)20-24-45-51(43)59-47(57-45)32-63(30-35(5)25-26-68-6)54(66)49(36-13-10-9-11-14-36)60-52(64)37-15-12-16-37/h1,9-11,13-14,17-24,27-28,33-35,37,48-49H,12,15-16,29-32H2,2-7H3,(H,56,58)(H,57,59)(H,60,64)(H,61,67)/t34-,35?,48+,49-/m1/s1. The number of alkyl carbamates (subject to hydrolysis) is 1. The van der Waals surface area contributed by atoms with Gasteiger partial charge in [-0.1, -0.05) is 92.9 Å². The summed E-state index contributed by atoms with van der Waals surface area (Å²) >= 11 is 0. The fourth-order valence-electron chi connectivity index (χ4n) is 8.92. The number of hydrogen-bond acceptors (Lipinski definition) is 8. The molecule has 1 unspecified atom stereocenters. The molecule has 5 aromatic carbocycles. The molecular formula is C55H58N8O6. The lowest BCUT2D eigenvalue weighted by Crippen LogP contribution is -2.51. The fraction of sp³-hybridized carbons (Fsp3) is 0.345. The molecule has 0 spiro atoms. The van der Waals surface area contributed by atoms with Gasteiger partial charge in [-0.2, -0.15) is 0 Å². The number of hydrogen-bond donors (Lipinski definition) is 4. The minimum atomic E-state index is -0.868. The summed E-state index contributed by atoms with van der Waals surface area (Å²) in [6, 6.07) is 28.4. The van der Waals surface area contributed by atoms with Crippen LogP contribution >= 0.6 is 0 Å². The molecule has 0 saturated heterocycles. The number of nitrogens with one attached hydrogen (secondary N) is 4. The summed E-state index contributed by atoms with van der Waals surface area (Å²) in [6.07, 6.45) is 10.4. The molecule has 14 heteroatoms. The second-order valence-electron chi connectivity index (χ2n) is 18.4.